The van der Waals surface area contributed by atoms with Gasteiger partial charge in [-0.15, -0.1) is 0 Å². The highest BCUT2D eigenvalue weighted by Gasteiger charge is 2.21. The minimum absolute atomic E-state index is 0.0433. The van der Waals surface area contributed by atoms with Gasteiger partial charge in [0.25, 0.3) is 0 Å². The van der Waals surface area contributed by atoms with Crippen LogP contribution in [0, 0.1) is 0 Å². The van der Waals surface area contributed by atoms with Crippen LogP contribution in [0.2, 0.25) is 0 Å². The summed E-state index contributed by atoms with van der Waals surface area (Å²) in [5.41, 5.74) is 4.30. The molecule has 0 saturated carbocycles. The van der Waals surface area contributed by atoms with Crippen molar-refractivity contribution < 1.29 is 19.4 Å². The van der Waals surface area contributed by atoms with E-state index in [0.717, 1.165) is 40.8 Å². The highest BCUT2D eigenvalue weighted by Crippen LogP contribution is 2.33. The van der Waals surface area contributed by atoms with Crippen molar-refractivity contribution in [3.05, 3.63) is 83.7 Å². The van der Waals surface area contributed by atoms with Gasteiger partial charge in [-0.2, -0.15) is 0 Å². The van der Waals surface area contributed by atoms with E-state index in [1.54, 1.807) is 18.5 Å². The van der Waals surface area contributed by atoms with Crippen molar-refractivity contribution in [2.45, 2.75) is 25.0 Å². The maximum Gasteiger partial charge on any atom is 0.338 e. The number of rotatable bonds is 7. The fourth-order valence-corrected chi connectivity index (χ4v) is 3.85. The molecule has 3 aromatic rings. The third kappa shape index (κ3) is 4.93. The second-order valence-corrected chi connectivity index (χ2v) is 7.60. The number of carbonyl (C=O) groups is 1. The summed E-state index contributed by atoms with van der Waals surface area (Å²) in [4.78, 5) is 16.1. The second-order valence-electron chi connectivity index (χ2n) is 7.60. The zero-order valence-corrected chi connectivity index (χ0v) is 17.5. The predicted molar refractivity (Wildman–Crippen MR) is 118 cm³/mol. The fourth-order valence-electron chi connectivity index (χ4n) is 3.85. The van der Waals surface area contributed by atoms with Gasteiger partial charge in [0.2, 0.25) is 0 Å². The average molecular weight is 418 g/mol. The Hall–Kier alpha value is -3.22. The molecule has 4 rings (SSSR count). The fraction of sp³-hybridized carbons (Fsp3) is 0.280. The van der Waals surface area contributed by atoms with E-state index in [2.05, 4.69) is 16.4 Å². The molecule has 1 unspecified atom stereocenters. The molecule has 1 aliphatic rings. The van der Waals surface area contributed by atoms with Crippen molar-refractivity contribution in [1.29, 1.82) is 0 Å². The summed E-state index contributed by atoms with van der Waals surface area (Å²) >= 11 is 0. The molecular weight excluding hydrogens is 392 g/mol. The van der Waals surface area contributed by atoms with Crippen LogP contribution in [0.15, 0.2) is 67.0 Å². The third-order valence-electron chi connectivity index (χ3n) is 5.51. The van der Waals surface area contributed by atoms with Gasteiger partial charge in [0.1, 0.15) is 11.9 Å². The Kier molecular flexibility index (Phi) is 6.60. The Morgan fingerprint density at radius 3 is 2.94 bits per heavy atom. The average Bonchev–Trinajstić information content (AvgIpc) is 2.83. The molecule has 0 spiro atoms. The normalized spacial score (nSPS) is 16.1. The van der Waals surface area contributed by atoms with Crippen molar-refractivity contribution in [2.75, 3.05) is 20.2 Å². The predicted octanol–water partition coefficient (Wildman–Crippen LogP) is 3.55. The van der Waals surface area contributed by atoms with Crippen molar-refractivity contribution in [2.24, 2.45) is 0 Å². The first kappa shape index (κ1) is 21.0. The molecule has 2 heterocycles. The van der Waals surface area contributed by atoms with Gasteiger partial charge < -0.3 is 19.9 Å². The van der Waals surface area contributed by atoms with Gasteiger partial charge in [-0.05, 0) is 53.8 Å². The molecule has 2 atom stereocenters. The number of fused-ring (bicyclic) bond motifs is 1. The van der Waals surface area contributed by atoms with Crippen LogP contribution in [0.1, 0.15) is 34.0 Å². The Balaban J connectivity index is 1.38. The Labute approximate surface area is 181 Å². The Morgan fingerprint density at radius 1 is 1.26 bits per heavy atom. The number of carbonyl (C=O) groups excluding carboxylic acids is 1. The van der Waals surface area contributed by atoms with E-state index in [-0.39, 0.29) is 12.1 Å². The number of esters is 1. The van der Waals surface area contributed by atoms with Gasteiger partial charge in [0.05, 0.1) is 18.8 Å². The van der Waals surface area contributed by atoms with Gasteiger partial charge in [0, 0.05) is 31.0 Å². The summed E-state index contributed by atoms with van der Waals surface area (Å²) in [5, 5.41) is 13.5. The van der Waals surface area contributed by atoms with Crippen LogP contribution in [0.4, 0.5) is 0 Å². The molecule has 6 nitrogen and oxygen atoms in total. The molecule has 1 aromatic heterocycles. The lowest BCUT2D eigenvalue weighted by atomic mass is 9.94. The number of nitrogens with zero attached hydrogens (tertiary/aromatic N) is 1. The smallest absolute Gasteiger partial charge is 0.338 e. The van der Waals surface area contributed by atoms with E-state index < -0.39 is 6.10 Å². The van der Waals surface area contributed by atoms with Crippen LogP contribution in [-0.4, -0.2) is 42.4 Å². The van der Waals surface area contributed by atoms with Crippen molar-refractivity contribution >= 4 is 5.97 Å². The first-order chi connectivity index (χ1) is 15.2. The van der Waals surface area contributed by atoms with Gasteiger partial charge in [-0.3, -0.25) is 4.98 Å². The quantitative estimate of drug-likeness (QED) is 0.571. The summed E-state index contributed by atoms with van der Waals surface area (Å²) in [6, 6.07) is 17.2. The maximum atomic E-state index is 12.1. The van der Waals surface area contributed by atoms with Gasteiger partial charge in [-0.1, -0.05) is 30.3 Å². The molecule has 0 radical (unpaired) electrons. The minimum Gasteiger partial charge on any atom is -0.489 e. The first-order valence-corrected chi connectivity index (χ1v) is 10.4. The first-order valence-electron chi connectivity index (χ1n) is 10.4. The van der Waals surface area contributed by atoms with Crippen molar-refractivity contribution in [1.82, 2.24) is 10.3 Å². The van der Waals surface area contributed by atoms with Gasteiger partial charge in [0.15, 0.2) is 0 Å². The van der Waals surface area contributed by atoms with Gasteiger partial charge in [-0.25, -0.2) is 4.79 Å². The van der Waals surface area contributed by atoms with E-state index in [1.165, 1.54) is 7.11 Å². The van der Waals surface area contributed by atoms with E-state index in [9.17, 15) is 9.90 Å². The number of aliphatic hydroxyl groups is 1. The van der Waals surface area contributed by atoms with E-state index in [0.29, 0.717) is 18.7 Å². The largest absolute Gasteiger partial charge is 0.489 e. The zero-order chi connectivity index (χ0) is 21.6. The van der Waals surface area contributed by atoms with Crippen LogP contribution in [0.25, 0.3) is 11.1 Å². The number of aryl methyl sites for hydroxylation is 1. The summed E-state index contributed by atoms with van der Waals surface area (Å²) in [7, 11) is 1.39. The summed E-state index contributed by atoms with van der Waals surface area (Å²) < 4.78 is 11.1. The van der Waals surface area contributed by atoms with E-state index in [4.69, 9.17) is 9.47 Å². The molecule has 0 aliphatic carbocycles. The Bertz CT molecular complexity index is 1040. The minimum atomic E-state index is -0.595. The molecule has 160 valence electrons. The van der Waals surface area contributed by atoms with Crippen LogP contribution in [0.3, 0.4) is 0 Å². The summed E-state index contributed by atoms with van der Waals surface area (Å²) in [6.07, 6.45) is 4.59. The number of benzene rings is 2. The number of methoxy groups -OCH3 is 1. The van der Waals surface area contributed by atoms with Crippen molar-refractivity contribution in [3.8, 4) is 16.9 Å². The number of hydrogen-bond acceptors (Lipinski definition) is 6. The van der Waals surface area contributed by atoms with E-state index in [1.807, 2.05) is 42.5 Å². The molecule has 0 bridgehead atoms. The van der Waals surface area contributed by atoms with Crippen LogP contribution >= 0.6 is 0 Å². The number of hydrogen-bond donors (Lipinski definition) is 2. The molecule has 6 heteroatoms. The number of aliphatic hydroxyl groups excluding tert-OH is 1. The standard InChI is InChI=1S/C25H26N2O4/c1-30-25(29)22-7-3-2-6-21(22)17-9-11-24-18(13-17)8-10-20(31-24)15-27-16-23(28)19-5-4-12-26-14-19/h2-7,9,11-14,20,23,27-28H,8,10,15-16H2,1H3/t20-,23?/m1/s1. The lowest BCUT2D eigenvalue weighted by Crippen LogP contribution is -2.36. The lowest BCUT2D eigenvalue weighted by molar-refractivity contribution is 0.0601. The molecule has 0 saturated heterocycles. The molecule has 0 fully saturated rings. The topological polar surface area (TPSA) is 80.7 Å². The molecule has 31 heavy (non-hydrogen) atoms. The number of pyridine rings is 1. The zero-order valence-electron chi connectivity index (χ0n) is 17.5. The summed E-state index contributed by atoms with van der Waals surface area (Å²) in [6.45, 7) is 1.10. The van der Waals surface area contributed by atoms with Crippen molar-refractivity contribution in [3.63, 3.8) is 0 Å². The number of nitrogens with one attached hydrogen (secondary N) is 1. The molecular formula is C25H26N2O4. The highest BCUT2D eigenvalue weighted by molar-refractivity contribution is 5.97. The maximum absolute atomic E-state index is 12.1. The molecule has 2 aromatic carbocycles. The third-order valence-corrected chi connectivity index (χ3v) is 5.51. The Morgan fingerprint density at radius 2 is 2.13 bits per heavy atom. The number of ether oxygens (including phenoxy) is 2. The SMILES string of the molecule is COC(=O)c1ccccc1-c1ccc2c(c1)CC[C@H](CNCC(O)c1cccnc1)O2. The van der Waals surface area contributed by atoms with E-state index >= 15 is 0 Å². The lowest BCUT2D eigenvalue weighted by Gasteiger charge is -2.27. The van der Waals surface area contributed by atoms with Crippen LogP contribution in [0.5, 0.6) is 5.75 Å². The number of aromatic nitrogens is 1. The highest BCUT2D eigenvalue weighted by atomic mass is 16.5. The molecule has 1 aliphatic heterocycles. The second kappa shape index (κ2) is 9.73. The van der Waals surface area contributed by atoms with Crippen LogP contribution in [-0.2, 0) is 11.2 Å². The monoisotopic (exact) mass is 418 g/mol. The molecule has 0 amide bonds. The van der Waals surface area contributed by atoms with Crippen LogP contribution < -0.4 is 10.1 Å². The molecule has 2 N–H and O–H groups in total. The van der Waals surface area contributed by atoms with Gasteiger partial charge >= 0.3 is 5.97 Å². The summed E-state index contributed by atoms with van der Waals surface area (Å²) in [5.74, 6) is 0.523.